The van der Waals surface area contributed by atoms with E-state index in [1.54, 1.807) is 4.57 Å². The highest BCUT2D eigenvalue weighted by Gasteiger charge is 2.18. The quantitative estimate of drug-likeness (QED) is 0.534. The number of rotatable bonds is 6. The summed E-state index contributed by atoms with van der Waals surface area (Å²) in [5.74, 6) is 0.996. The maximum atomic E-state index is 13.0. The molecule has 0 N–H and O–H groups in total. The van der Waals surface area contributed by atoms with Crippen molar-refractivity contribution >= 4 is 28.6 Å². The Morgan fingerprint density at radius 3 is 2.50 bits per heavy atom. The van der Waals surface area contributed by atoms with E-state index in [1.807, 2.05) is 29.2 Å². The smallest absolute Gasteiger partial charge is 0.262 e. The van der Waals surface area contributed by atoms with Crippen molar-refractivity contribution in [2.24, 2.45) is 5.92 Å². The molecule has 1 amide bonds. The third-order valence-electron chi connectivity index (χ3n) is 5.29. The first kappa shape index (κ1) is 20.9. The summed E-state index contributed by atoms with van der Waals surface area (Å²) in [5, 5.41) is 1.30. The molecule has 28 heavy (non-hydrogen) atoms. The molecule has 1 aromatic carbocycles. The lowest BCUT2D eigenvalue weighted by Crippen LogP contribution is -2.35. The van der Waals surface area contributed by atoms with Gasteiger partial charge >= 0.3 is 0 Å². The first-order valence-electron chi connectivity index (χ1n) is 10.5. The predicted octanol–water partition coefficient (Wildman–Crippen LogP) is 4.33. The molecule has 0 aliphatic carbocycles. The van der Waals surface area contributed by atoms with Gasteiger partial charge in [-0.3, -0.25) is 14.2 Å². The summed E-state index contributed by atoms with van der Waals surface area (Å²) in [5.41, 5.74) is 0.696. The summed E-state index contributed by atoms with van der Waals surface area (Å²) in [7, 11) is 0. The van der Waals surface area contributed by atoms with E-state index in [2.05, 4.69) is 13.8 Å². The molecule has 2 aromatic rings. The van der Waals surface area contributed by atoms with Crippen LogP contribution in [0.3, 0.4) is 0 Å². The van der Waals surface area contributed by atoms with E-state index in [9.17, 15) is 9.59 Å². The van der Waals surface area contributed by atoms with Gasteiger partial charge in [0.05, 0.1) is 16.7 Å². The minimum Gasteiger partial charge on any atom is -0.342 e. The van der Waals surface area contributed by atoms with Crippen molar-refractivity contribution in [1.29, 1.82) is 0 Å². The normalized spacial score (nSPS) is 15.6. The Kier molecular flexibility index (Phi) is 7.54. The Bertz CT molecular complexity index is 854. The number of thioether (sulfide) groups is 1. The van der Waals surface area contributed by atoms with Gasteiger partial charge in [0.15, 0.2) is 5.16 Å². The lowest BCUT2D eigenvalue weighted by atomic mass is 10.1. The standard InChI is InChI=1S/C22H31N3O2S/c1-17(2)12-15-25-21(27)18-10-6-7-11-19(18)23-22(25)28-16-20(26)24-13-8-4-3-5-9-14-24/h6-7,10-11,17H,3-5,8-9,12-16H2,1-2H3. The minimum atomic E-state index is -0.00698. The van der Waals surface area contributed by atoms with Crippen LogP contribution < -0.4 is 5.56 Å². The number of fused-ring (bicyclic) bond motifs is 1. The Morgan fingerprint density at radius 1 is 1.11 bits per heavy atom. The molecule has 1 aliphatic rings. The fraction of sp³-hybridized carbons (Fsp3) is 0.591. The van der Waals surface area contributed by atoms with Crippen molar-refractivity contribution < 1.29 is 4.79 Å². The summed E-state index contributed by atoms with van der Waals surface area (Å²) in [4.78, 5) is 32.5. The molecule has 0 saturated carbocycles. The number of nitrogens with zero attached hydrogens (tertiary/aromatic N) is 3. The number of carbonyl (C=O) groups is 1. The van der Waals surface area contributed by atoms with E-state index >= 15 is 0 Å². The zero-order valence-electron chi connectivity index (χ0n) is 17.0. The molecule has 0 atom stereocenters. The number of benzene rings is 1. The second kappa shape index (κ2) is 10.1. The van der Waals surface area contributed by atoms with Crippen LogP contribution in [0.25, 0.3) is 10.9 Å². The highest BCUT2D eigenvalue weighted by atomic mass is 32.2. The Balaban J connectivity index is 1.79. The molecule has 0 radical (unpaired) electrons. The molecule has 1 aromatic heterocycles. The Morgan fingerprint density at radius 2 is 1.79 bits per heavy atom. The van der Waals surface area contributed by atoms with Gasteiger partial charge in [-0.1, -0.05) is 57.0 Å². The molecule has 3 rings (SSSR count). The van der Waals surface area contributed by atoms with E-state index in [1.165, 1.54) is 31.0 Å². The maximum Gasteiger partial charge on any atom is 0.262 e. The van der Waals surface area contributed by atoms with Gasteiger partial charge in [-0.2, -0.15) is 0 Å². The van der Waals surface area contributed by atoms with E-state index in [0.29, 0.717) is 34.3 Å². The van der Waals surface area contributed by atoms with Gasteiger partial charge in [0.25, 0.3) is 5.56 Å². The van der Waals surface area contributed by atoms with Crippen LogP contribution in [0, 0.1) is 5.92 Å². The topological polar surface area (TPSA) is 55.2 Å². The number of hydrogen-bond acceptors (Lipinski definition) is 4. The fourth-order valence-corrected chi connectivity index (χ4v) is 4.48. The van der Waals surface area contributed by atoms with Gasteiger partial charge in [-0.15, -0.1) is 0 Å². The monoisotopic (exact) mass is 401 g/mol. The van der Waals surface area contributed by atoms with Crippen molar-refractivity contribution in [2.75, 3.05) is 18.8 Å². The summed E-state index contributed by atoms with van der Waals surface area (Å²) >= 11 is 1.40. The summed E-state index contributed by atoms with van der Waals surface area (Å²) in [6.07, 6.45) is 6.77. The molecule has 6 heteroatoms. The lowest BCUT2D eigenvalue weighted by molar-refractivity contribution is -0.128. The Hall–Kier alpha value is -1.82. The number of aromatic nitrogens is 2. The second-order valence-electron chi connectivity index (χ2n) is 7.99. The predicted molar refractivity (Wildman–Crippen MR) is 116 cm³/mol. The minimum absolute atomic E-state index is 0.00698. The molecule has 1 fully saturated rings. The van der Waals surface area contributed by atoms with Crippen LogP contribution in [0.5, 0.6) is 0 Å². The molecular formula is C22H31N3O2S. The number of hydrogen-bond donors (Lipinski definition) is 0. The van der Waals surface area contributed by atoms with Crippen molar-refractivity contribution in [2.45, 2.75) is 64.1 Å². The van der Waals surface area contributed by atoms with Crippen molar-refractivity contribution in [1.82, 2.24) is 14.5 Å². The number of likely N-dealkylation sites (tertiary alicyclic amines) is 1. The highest BCUT2D eigenvalue weighted by Crippen LogP contribution is 2.20. The van der Waals surface area contributed by atoms with Gasteiger partial charge in [0, 0.05) is 19.6 Å². The van der Waals surface area contributed by atoms with Gasteiger partial charge in [0.2, 0.25) is 5.91 Å². The third kappa shape index (κ3) is 5.37. The zero-order chi connectivity index (χ0) is 19.9. The summed E-state index contributed by atoms with van der Waals surface area (Å²) < 4.78 is 1.76. The summed E-state index contributed by atoms with van der Waals surface area (Å²) in [6.45, 7) is 6.64. The molecule has 2 heterocycles. The Labute approximate surface area is 171 Å². The van der Waals surface area contributed by atoms with Gasteiger partial charge in [0.1, 0.15) is 0 Å². The second-order valence-corrected chi connectivity index (χ2v) is 8.93. The first-order valence-corrected chi connectivity index (χ1v) is 11.4. The SMILES string of the molecule is CC(C)CCn1c(SCC(=O)N2CCCCCCC2)nc2ccccc2c1=O. The largest absolute Gasteiger partial charge is 0.342 e. The third-order valence-corrected chi connectivity index (χ3v) is 6.25. The van der Waals surface area contributed by atoms with E-state index in [0.717, 1.165) is 32.4 Å². The maximum absolute atomic E-state index is 13.0. The van der Waals surface area contributed by atoms with E-state index in [4.69, 9.17) is 4.98 Å². The lowest BCUT2D eigenvalue weighted by Gasteiger charge is -2.24. The van der Waals surface area contributed by atoms with Crippen LogP contribution >= 0.6 is 11.8 Å². The molecule has 1 saturated heterocycles. The van der Waals surface area contributed by atoms with Crippen LogP contribution in [0.4, 0.5) is 0 Å². The van der Waals surface area contributed by atoms with Crippen LogP contribution in [-0.2, 0) is 11.3 Å². The van der Waals surface area contributed by atoms with Gasteiger partial charge < -0.3 is 4.90 Å². The molecule has 5 nitrogen and oxygen atoms in total. The van der Waals surface area contributed by atoms with E-state index < -0.39 is 0 Å². The number of para-hydroxylation sites is 1. The van der Waals surface area contributed by atoms with Crippen molar-refractivity contribution in [3.63, 3.8) is 0 Å². The fourth-order valence-electron chi connectivity index (χ4n) is 3.56. The molecule has 0 spiro atoms. The van der Waals surface area contributed by atoms with Crippen LogP contribution in [0.2, 0.25) is 0 Å². The van der Waals surface area contributed by atoms with Crippen LogP contribution in [-0.4, -0.2) is 39.2 Å². The number of amides is 1. The average Bonchev–Trinajstić information content (AvgIpc) is 2.65. The van der Waals surface area contributed by atoms with E-state index in [-0.39, 0.29) is 11.5 Å². The zero-order valence-corrected chi connectivity index (χ0v) is 17.8. The van der Waals surface area contributed by atoms with Crippen molar-refractivity contribution in [3.8, 4) is 0 Å². The van der Waals surface area contributed by atoms with Gasteiger partial charge in [-0.05, 0) is 37.3 Å². The average molecular weight is 402 g/mol. The van der Waals surface area contributed by atoms with Crippen molar-refractivity contribution in [3.05, 3.63) is 34.6 Å². The molecule has 152 valence electrons. The van der Waals surface area contributed by atoms with Gasteiger partial charge in [-0.25, -0.2) is 4.98 Å². The van der Waals surface area contributed by atoms with Crippen LogP contribution in [0.1, 0.15) is 52.4 Å². The molecule has 1 aliphatic heterocycles. The number of carbonyl (C=O) groups excluding carboxylic acids is 1. The molecule has 0 bridgehead atoms. The first-order chi connectivity index (χ1) is 13.6. The molecular weight excluding hydrogens is 370 g/mol. The van der Waals surface area contributed by atoms with Crippen LogP contribution in [0.15, 0.2) is 34.2 Å². The molecule has 0 unspecified atom stereocenters. The summed E-state index contributed by atoms with van der Waals surface area (Å²) in [6, 6.07) is 7.47. The highest BCUT2D eigenvalue weighted by molar-refractivity contribution is 7.99.